The molecule has 0 spiro atoms. The van der Waals surface area contributed by atoms with E-state index in [4.69, 9.17) is 0 Å². The van der Waals surface area contributed by atoms with Crippen LogP contribution in [-0.4, -0.2) is 37.0 Å². The lowest BCUT2D eigenvalue weighted by Gasteiger charge is -2.31. The fraction of sp³-hybridized carbons (Fsp3) is 0.960. The van der Waals surface area contributed by atoms with Crippen molar-refractivity contribution in [2.45, 2.75) is 135 Å². The van der Waals surface area contributed by atoms with Gasteiger partial charge in [-0.3, -0.25) is 4.79 Å². The molecule has 0 aromatic carbocycles. The number of hydrogen-bond donors (Lipinski definition) is 1. The number of amides is 1. The second-order valence-corrected chi connectivity index (χ2v) is 9.07. The van der Waals surface area contributed by atoms with E-state index >= 15 is 0 Å². The standard InChI is InChI=1S/C25H50N2O/c1-3-4-5-6-7-8-9-10-11-12-13-14-15-19-22-26-23-25(28)27(2)24-20-17-16-18-21-24/h24,26H,3-23H2,1-2H3. The summed E-state index contributed by atoms with van der Waals surface area (Å²) >= 11 is 0. The molecule has 0 heterocycles. The van der Waals surface area contributed by atoms with E-state index in [1.165, 1.54) is 122 Å². The molecule has 1 N–H and O–H groups in total. The van der Waals surface area contributed by atoms with Crippen LogP contribution in [0.4, 0.5) is 0 Å². The van der Waals surface area contributed by atoms with Crippen molar-refractivity contribution in [1.82, 2.24) is 10.2 Å². The lowest BCUT2D eigenvalue weighted by Crippen LogP contribution is -2.43. The molecule has 1 amide bonds. The second kappa shape index (κ2) is 18.5. The van der Waals surface area contributed by atoms with Crippen LogP contribution in [-0.2, 0) is 4.79 Å². The molecule has 1 fully saturated rings. The van der Waals surface area contributed by atoms with Crippen LogP contribution >= 0.6 is 0 Å². The third-order valence-corrected chi connectivity index (χ3v) is 6.50. The van der Waals surface area contributed by atoms with Crippen molar-refractivity contribution in [2.75, 3.05) is 20.1 Å². The van der Waals surface area contributed by atoms with Crippen LogP contribution in [0.5, 0.6) is 0 Å². The van der Waals surface area contributed by atoms with Crippen LogP contribution in [0.3, 0.4) is 0 Å². The van der Waals surface area contributed by atoms with Crippen molar-refractivity contribution in [3.05, 3.63) is 0 Å². The fourth-order valence-electron chi connectivity index (χ4n) is 4.44. The second-order valence-electron chi connectivity index (χ2n) is 9.07. The molecule has 0 unspecified atom stereocenters. The van der Waals surface area contributed by atoms with Crippen LogP contribution < -0.4 is 5.32 Å². The zero-order valence-electron chi connectivity index (χ0n) is 19.3. The molecule has 0 aromatic rings. The Balaban J connectivity index is 1.78. The molecule has 3 heteroatoms. The minimum atomic E-state index is 0.275. The van der Waals surface area contributed by atoms with E-state index in [2.05, 4.69) is 12.2 Å². The Morgan fingerprint density at radius 2 is 1.21 bits per heavy atom. The van der Waals surface area contributed by atoms with Gasteiger partial charge in [0.25, 0.3) is 0 Å². The number of carbonyl (C=O) groups excluding carboxylic acids is 1. The lowest BCUT2D eigenvalue weighted by molar-refractivity contribution is -0.131. The summed E-state index contributed by atoms with van der Waals surface area (Å²) < 4.78 is 0. The van der Waals surface area contributed by atoms with Crippen LogP contribution in [0.2, 0.25) is 0 Å². The highest BCUT2D eigenvalue weighted by atomic mass is 16.2. The summed E-state index contributed by atoms with van der Waals surface area (Å²) in [6.45, 7) is 3.79. The van der Waals surface area contributed by atoms with Gasteiger partial charge >= 0.3 is 0 Å². The Bertz CT molecular complexity index is 352. The van der Waals surface area contributed by atoms with Gasteiger partial charge in [0.15, 0.2) is 0 Å². The van der Waals surface area contributed by atoms with Gasteiger partial charge in [-0.1, -0.05) is 110 Å². The molecule has 1 rings (SSSR count). The molecule has 0 atom stereocenters. The number of unbranched alkanes of at least 4 members (excludes halogenated alkanes) is 13. The maximum Gasteiger partial charge on any atom is 0.236 e. The van der Waals surface area contributed by atoms with E-state index in [-0.39, 0.29) is 5.91 Å². The van der Waals surface area contributed by atoms with Crippen molar-refractivity contribution >= 4 is 5.91 Å². The SMILES string of the molecule is CCCCCCCCCCCCCCCCNCC(=O)N(C)C1CCCCC1. The van der Waals surface area contributed by atoms with Crippen LogP contribution in [0.15, 0.2) is 0 Å². The summed E-state index contributed by atoms with van der Waals surface area (Å²) in [4.78, 5) is 14.3. The Labute approximate surface area is 176 Å². The summed E-state index contributed by atoms with van der Waals surface area (Å²) in [7, 11) is 1.99. The number of hydrogen-bond acceptors (Lipinski definition) is 2. The summed E-state index contributed by atoms with van der Waals surface area (Å²) in [5.41, 5.74) is 0. The largest absolute Gasteiger partial charge is 0.342 e. The van der Waals surface area contributed by atoms with Gasteiger partial charge in [0.05, 0.1) is 6.54 Å². The minimum Gasteiger partial charge on any atom is -0.342 e. The average molecular weight is 395 g/mol. The van der Waals surface area contributed by atoms with Gasteiger partial charge in [-0.25, -0.2) is 0 Å². The fourth-order valence-corrected chi connectivity index (χ4v) is 4.44. The van der Waals surface area contributed by atoms with Gasteiger partial charge < -0.3 is 10.2 Å². The Morgan fingerprint density at radius 1 is 0.750 bits per heavy atom. The average Bonchev–Trinajstić information content (AvgIpc) is 2.73. The Hall–Kier alpha value is -0.570. The minimum absolute atomic E-state index is 0.275. The van der Waals surface area contributed by atoms with Gasteiger partial charge in [-0.2, -0.15) is 0 Å². The van der Waals surface area contributed by atoms with Crippen molar-refractivity contribution in [2.24, 2.45) is 0 Å². The van der Waals surface area contributed by atoms with E-state index in [1.54, 1.807) is 0 Å². The Morgan fingerprint density at radius 3 is 1.71 bits per heavy atom. The zero-order chi connectivity index (χ0) is 20.3. The van der Waals surface area contributed by atoms with Gasteiger partial charge in [-0.15, -0.1) is 0 Å². The van der Waals surface area contributed by atoms with Crippen LogP contribution in [0.25, 0.3) is 0 Å². The first kappa shape index (κ1) is 25.5. The molecule has 1 saturated carbocycles. The van der Waals surface area contributed by atoms with Gasteiger partial charge in [0.2, 0.25) is 5.91 Å². The van der Waals surface area contributed by atoms with E-state index < -0.39 is 0 Å². The topological polar surface area (TPSA) is 32.3 Å². The molecule has 3 nitrogen and oxygen atoms in total. The van der Waals surface area contributed by atoms with Crippen molar-refractivity contribution in [3.63, 3.8) is 0 Å². The van der Waals surface area contributed by atoms with Crippen LogP contribution in [0.1, 0.15) is 129 Å². The molecule has 28 heavy (non-hydrogen) atoms. The molecule has 0 aliphatic heterocycles. The number of nitrogens with one attached hydrogen (secondary N) is 1. The molecule has 0 saturated heterocycles. The third-order valence-electron chi connectivity index (χ3n) is 6.50. The summed E-state index contributed by atoms with van der Waals surface area (Å²) in [6.07, 6.45) is 25.8. The maximum atomic E-state index is 12.3. The smallest absolute Gasteiger partial charge is 0.236 e. The highest BCUT2D eigenvalue weighted by molar-refractivity contribution is 5.78. The first-order chi connectivity index (χ1) is 13.8. The Kier molecular flexibility index (Phi) is 16.8. The molecular formula is C25H50N2O. The molecule has 1 aliphatic rings. The number of rotatable bonds is 18. The zero-order valence-corrected chi connectivity index (χ0v) is 19.3. The molecular weight excluding hydrogens is 344 g/mol. The number of nitrogens with zero attached hydrogens (tertiary/aromatic N) is 1. The lowest BCUT2D eigenvalue weighted by atomic mass is 9.94. The quantitative estimate of drug-likeness (QED) is 0.258. The highest BCUT2D eigenvalue weighted by Gasteiger charge is 2.21. The number of likely N-dealkylation sites (N-methyl/N-ethyl adjacent to an activating group) is 1. The normalized spacial score (nSPS) is 15.1. The summed E-state index contributed by atoms with van der Waals surface area (Å²) in [6, 6.07) is 0.490. The third kappa shape index (κ3) is 13.6. The first-order valence-electron chi connectivity index (χ1n) is 12.7. The molecule has 0 aromatic heterocycles. The molecule has 0 bridgehead atoms. The van der Waals surface area contributed by atoms with E-state index in [9.17, 15) is 4.79 Å². The van der Waals surface area contributed by atoms with Crippen molar-refractivity contribution in [3.8, 4) is 0 Å². The molecule has 0 radical (unpaired) electrons. The number of carbonyl (C=O) groups is 1. The van der Waals surface area contributed by atoms with Crippen LogP contribution in [0, 0.1) is 0 Å². The summed E-state index contributed by atoms with van der Waals surface area (Å²) in [5, 5.41) is 3.36. The summed E-state index contributed by atoms with van der Waals surface area (Å²) in [5.74, 6) is 0.275. The van der Waals surface area contributed by atoms with Gasteiger partial charge in [0, 0.05) is 13.1 Å². The van der Waals surface area contributed by atoms with Crippen molar-refractivity contribution < 1.29 is 4.79 Å². The highest BCUT2D eigenvalue weighted by Crippen LogP contribution is 2.21. The maximum absolute atomic E-state index is 12.3. The van der Waals surface area contributed by atoms with E-state index in [0.29, 0.717) is 12.6 Å². The van der Waals surface area contributed by atoms with E-state index in [1.807, 2.05) is 11.9 Å². The van der Waals surface area contributed by atoms with Gasteiger partial charge in [-0.05, 0) is 25.8 Å². The predicted molar refractivity (Wildman–Crippen MR) is 123 cm³/mol. The first-order valence-corrected chi connectivity index (χ1v) is 12.7. The van der Waals surface area contributed by atoms with Crippen molar-refractivity contribution in [1.29, 1.82) is 0 Å². The molecule has 166 valence electrons. The monoisotopic (exact) mass is 394 g/mol. The molecule has 1 aliphatic carbocycles. The van der Waals surface area contributed by atoms with Gasteiger partial charge in [0.1, 0.15) is 0 Å². The van der Waals surface area contributed by atoms with E-state index in [0.717, 1.165) is 6.54 Å². The predicted octanol–water partition coefficient (Wildman–Crippen LogP) is 6.85.